The third kappa shape index (κ3) is 2.17. The van der Waals surface area contributed by atoms with Crippen molar-refractivity contribution in [1.29, 1.82) is 0 Å². The first-order chi connectivity index (χ1) is 6.94. The summed E-state index contributed by atoms with van der Waals surface area (Å²) >= 11 is 4.04. The maximum atomic E-state index is 11.9. The van der Waals surface area contributed by atoms with E-state index in [0.717, 1.165) is 5.57 Å². The Labute approximate surface area is 95.1 Å². The maximum Gasteiger partial charge on any atom is 0.325 e. The highest BCUT2D eigenvalue weighted by atomic mass is 32.1. The van der Waals surface area contributed by atoms with Crippen LogP contribution in [-0.2, 0) is 4.79 Å². The molecule has 0 saturated carbocycles. The van der Waals surface area contributed by atoms with E-state index in [1.54, 1.807) is 6.92 Å². The van der Waals surface area contributed by atoms with Crippen LogP contribution in [0.15, 0.2) is 12.2 Å². The Morgan fingerprint density at radius 3 is 2.60 bits per heavy atom. The number of hydrogen-bond donors (Lipinski definition) is 2. The van der Waals surface area contributed by atoms with E-state index >= 15 is 0 Å². The van der Waals surface area contributed by atoms with Crippen LogP contribution < -0.4 is 5.32 Å². The molecule has 84 valence electrons. The number of hydrogen-bond acceptors (Lipinski definition) is 3. The number of nitrogens with zero attached hydrogens (tertiary/aromatic N) is 1. The predicted molar refractivity (Wildman–Crippen MR) is 61.9 cm³/mol. The van der Waals surface area contributed by atoms with Gasteiger partial charge in [-0.1, -0.05) is 13.5 Å². The summed E-state index contributed by atoms with van der Waals surface area (Å²) in [7, 11) is 0. The molecular weight excluding hydrogens is 212 g/mol. The zero-order chi connectivity index (χ0) is 11.6. The minimum atomic E-state index is -0.756. The summed E-state index contributed by atoms with van der Waals surface area (Å²) in [6.45, 7) is 7.59. The lowest BCUT2D eigenvalue weighted by Gasteiger charge is -2.19. The van der Waals surface area contributed by atoms with E-state index in [1.807, 2.05) is 6.92 Å². The van der Waals surface area contributed by atoms with Gasteiger partial charge in [-0.15, -0.1) is 0 Å². The molecular formula is C10H16N2O2S. The number of nitrogens with one attached hydrogen (secondary N) is 1. The number of imide groups is 1. The van der Waals surface area contributed by atoms with Gasteiger partial charge in [0, 0.05) is 5.75 Å². The van der Waals surface area contributed by atoms with Gasteiger partial charge in [0.1, 0.15) is 5.54 Å². The molecule has 1 unspecified atom stereocenters. The van der Waals surface area contributed by atoms with E-state index in [4.69, 9.17) is 0 Å². The van der Waals surface area contributed by atoms with E-state index in [0.29, 0.717) is 12.2 Å². The number of carbonyl (C=O) groups is 2. The van der Waals surface area contributed by atoms with Crippen molar-refractivity contribution in [3.8, 4) is 0 Å². The first kappa shape index (κ1) is 12.1. The number of thiol groups is 1. The summed E-state index contributed by atoms with van der Waals surface area (Å²) in [5, 5.41) is 2.68. The SMILES string of the molecule is C=C(CS)CN1C(=O)NC(C)(CC)C1=O. The third-order valence-corrected chi connectivity index (χ3v) is 3.10. The molecule has 4 nitrogen and oxygen atoms in total. The Morgan fingerprint density at radius 2 is 2.20 bits per heavy atom. The van der Waals surface area contributed by atoms with Crippen molar-refractivity contribution >= 4 is 24.6 Å². The normalized spacial score (nSPS) is 25.7. The van der Waals surface area contributed by atoms with Crippen molar-refractivity contribution in [2.24, 2.45) is 0 Å². The molecule has 0 aromatic heterocycles. The van der Waals surface area contributed by atoms with Gasteiger partial charge in [-0.05, 0) is 18.9 Å². The molecule has 3 amide bonds. The van der Waals surface area contributed by atoms with E-state index < -0.39 is 5.54 Å². The standard InChI is InChI=1S/C10H16N2O2S/c1-4-10(3)8(13)12(9(14)11-10)5-7(2)6-15/h15H,2,4-6H2,1,3H3,(H,11,14). The average molecular weight is 228 g/mol. The average Bonchev–Trinajstić information content (AvgIpc) is 2.42. The van der Waals surface area contributed by atoms with E-state index in [1.165, 1.54) is 4.90 Å². The largest absolute Gasteiger partial charge is 0.325 e. The molecule has 0 spiro atoms. The van der Waals surface area contributed by atoms with Gasteiger partial charge in [0.25, 0.3) is 5.91 Å². The second kappa shape index (κ2) is 4.26. The molecule has 0 aliphatic carbocycles. The van der Waals surface area contributed by atoms with Crippen LogP contribution in [0.2, 0.25) is 0 Å². The molecule has 1 fully saturated rings. The molecule has 0 aromatic rings. The van der Waals surface area contributed by atoms with Crippen molar-refractivity contribution < 1.29 is 9.59 Å². The van der Waals surface area contributed by atoms with Gasteiger partial charge in [0.2, 0.25) is 0 Å². The molecule has 1 saturated heterocycles. The lowest BCUT2D eigenvalue weighted by Crippen LogP contribution is -2.43. The zero-order valence-electron chi connectivity index (χ0n) is 9.04. The van der Waals surface area contributed by atoms with Crippen LogP contribution in [0.5, 0.6) is 0 Å². The van der Waals surface area contributed by atoms with Crippen molar-refractivity contribution in [2.45, 2.75) is 25.8 Å². The van der Waals surface area contributed by atoms with Crippen LogP contribution in [0.1, 0.15) is 20.3 Å². The van der Waals surface area contributed by atoms with Crippen molar-refractivity contribution in [1.82, 2.24) is 10.2 Å². The molecule has 1 atom stereocenters. The van der Waals surface area contributed by atoms with Crippen LogP contribution in [0.4, 0.5) is 4.79 Å². The topological polar surface area (TPSA) is 49.4 Å². The molecule has 1 aliphatic rings. The minimum Gasteiger partial charge on any atom is -0.323 e. The molecule has 0 aromatic carbocycles. The maximum absolute atomic E-state index is 11.9. The van der Waals surface area contributed by atoms with Crippen LogP contribution in [0.3, 0.4) is 0 Å². The summed E-state index contributed by atoms with van der Waals surface area (Å²) in [5.74, 6) is 0.290. The molecule has 1 aliphatic heterocycles. The lowest BCUT2D eigenvalue weighted by molar-refractivity contribution is -0.130. The van der Waals surface area contributed by atoms with Gasteiger partial charge in [-0.2, -0.15) is 12.6 Å². The minimum absolute atomic E-state index is 0.182. The van der Waals surface area contributed by atoms with Crippen molar-refractivity contribution in [3.05, 3.63) is 12.2 Å². The number of rotatable bonds is 4. The quantitative estimate of drug-likeness (QED) is 0.431. The number of amides is 3. The lowest BCUT2D eigenvalue weighted by atomic mass is 9.99. The molecule has 5 heteroatoms. The van der Waals surface area contributed by atoms with E-state index in [9.17, 15) is 9.59 Å². The number of carbonyl (C=O) groups excluding carboxylic acids is 2. The molecule has 0 bridgehead atoms. The van der Waals surface area contributed by atoms with E-state index in [-0.39, 0.29) is 18.5 Å². The van der Waals surface area contributed by atoms with Gasteiger partial charge in [0.15, 0.2) is 0 Å². The molecule has 0 radical (unpaired) electrons. The number of urea groups is 1. The summed E-state index contributed by atoms with van der Waals surface area (Å²) in [6.07, 6.45) is 0.585. The first-order valence-electron chi connectivity index (χ1n) is 4.86. The first-order valence-corrected chi connectivity index (χ1v) is 5.49. The van der Waals surface area contributed by atoms with Gasteiger partial charge < -0.3 is 5.32 Å². The summed E-state index contributed by atoms with van der Waals surface area (Å²) < 4.78 is 0. The van der Waals surface area contributed by atoms with Crippen molar-refractivity contribution in [3.63, 3.8) is 0 Å². The summed E-state index contributed by atoms with van der Waals surface area (Å²) in [6, 6.07) is -0.340. The van der Waals surface area contributed by atoms with Crippen LogP contribution in [-0.4, -0.2) is 34.7 Å². The highest BCUT2D eigenvalue weighted by Crippen LogP contribution is 2.21. The Morgan fingerprint density at radius 1 is 1.60 bits per heavy atom. The highest BCUT2D eigenvalue weighted by molar-refractivity contribution is 7.80. The Hall–Kier alpha value is -0.970. The molecule has 15 heavy (non-hydrogen) atoms. The zero-order valence-corrected chi connectivity index (χ0v) is 9.93. The van der Waals surface area contributed by atoms with Gasteiger partial charge >= 0.3 is 6.03 Å². The molecule has 1 heterocycles. The van der Waals surface area contributed by atoms with Gasteiger partial charge in [-0.25, -0.2) is 4.79 Å². The van der Waals surface area contributed by atoms with Crippen LogP contribution in [0.25, 0.3) is 0 Å². The highest BCUT2D eigenvalue weighted by Gasteiger charge is 2.46. The fourth-order valence-corrected chi connectivity index (χ4v) is 1.50. The second-order valence-electron chi connectivity index (χ2n) is 3.92. The smallest absolute Gasteiger partial charge is 0.323 e. The van der Waals surface area contributed by atoms with E-state index in [2.05, 4.69) is 24.5 Å². The fraction of sp³-hybridized carbons (Fsp3) is 0.600. The third-order valence-electron chi connectivity index (χ3n) is 2.66. The molecule has 1 N–H and O–H groups in total. The Balaban J connectivity index is 2.80. The predicted octanol–water partition coefficient (Wildman–Crippen LogP) is 1.19. The van der Waals surface area contributed by atoms with Gasteiger partial charge in [0.05, 0.1) is 6.54 Å². The summed E-state index contributed by atoms with van der Waals surface area (Å²) in [4.78, 5) is 24.6. The Kier molecular flexibility index (Phi) is 3.44. The monoisotopic (exact) mass is 228 g/mol. The molecule has 1 rings (SSSR count). The van der Waals surface area contributed by atoms with Crippen LogP contribution >= 0.6 is 12.6 Å². The summed E-state index contributed by atoms with van der Waals surface area (Å²) in [5.41, 5.74) is -0.00397. The van der Waals surface area contributed by atoms with Crippen molar-refractivity contribution in [2.75, 3.05) is 12.3 Å². The van der Waals surface area contributed by atoms with Crippen LogP contribution in [0, 0.1) is 0 Å². The van der Waals surface area contributed by atoms with Gasteiger partial charge in [-0.3, -0.25) is 9.69 Å². The Bertz CT molecular complexity index is 317. The second-order valence-corrected chi connectivity index (χ2v) is 4.23. The fourth-order valence-electron chi connectivity index (χ4n) is 1.40.